The van der Waals surface area contributed by atoms with E-state index in [1.165, 1.54) is 11.8 Å². The lowest BCUT2D eigenvalue weighted by atomic mass is 10.3. The third kappa shape index (κ3) is 2.01. The normalized spacial score (nSPS) is 12.6. The molecular weight excluding hydrogens is 192 g/mol. The summed E-state index contributed by atoms with van der Waals surface area (Å²) in [5.41, 5.74) is 0.706. The van der Waals surface area contributed by atoms with Crippen molar-refractivity contribution in [3.05, 3.63) is 16.9 Å². The molecule has 0 unspecified atom stereocenters. The van der Waals surface area contributed by atoms with Crippen molar-refractivity contribution in [1.82, 2.24) is 9.78 Å². The maximum atomic E-state index is 11.1. The van der Waals surface area contributed by atoms with Crippen LogP contribution in [0.3, 0.4) is 0 Å². The van der Waals surface area contributed by atoms with Crippen LogP contribution in [0.1, 0.15) is 18.7 Å². The lowest BCUT2D eigenvalue weighted by molar-refractivity contribution is -0.144. The third-order valence-electron chi connectivity index (χ3n) is 1.80. The van der Waals surface area contributed by atoms with Crippen LogP contribution in [0.25, 0.3) is 0 Å². The minimum absolute atomic E-state index is 0.334. The molecule has 1 atom stereocenters. The minimum Gasteiger partial charge on any atom is -0.467 e. The average Bonchev–Trinajstić information content (AvgIpc) is 2.44. The second-order valence-corrected chi connectivity index (χ2v) is 3.15. The number of rotatable bonds is 2. The van der Waals surface area contributed by atoms with Crippen molar-refractivity contribution in [2.45, 2.75) is 19.9 Å². The predicted octanol–water partition coefficient (Wildman–Crippen LogP) is 1.58. The molecule has 0 aliphatic carbocycles. The zero-order chi connectivity index (χ0) is 10.0. The van der Waals surface area contributed by atoms with E-state index in [1.54, 1.807) is 20.0 Å². The Morgan fingerprint density at radius 2 is 2.38 bits per heavy atom. The molecular formula is C8H11ClN2O2. The fourth-order valence-electron chi connectivity index (χ4n) is 0.936. The van der Waals surface area contributed by atoms with Gasteiger partial charge < -0.3 is 4.74 Å². The zero-order valence-corrected chi connectivity index (χ0v) is 8.50. The first kappa shape index (κ1) is 10.1. The molecule has 0 N–H and O–H groups in total. The number of halogens is 1. The standard InChI is InChI=1S/C8H11ClN2O2/c1-5-7(9)4-11(10-5)6(2)8(12)13-3/h4,6H,1-3H3/t6-/m0/s1. The van der Waals surface area contributed by atoms with Gasteiger partial charge in [-0.25, -0.2) is 4.79 Å². The van der Waals surface area contributed by atoms with Crippen molar-refractivity contribution >= 4 is 17.6 Å². The molecule has 0 saturated carbocycles. The van der Waals surface area contributed by atoms with Crippen molar-refractivity contribution in [2.75, 3.05) is 7.11 Å². The first-order valence-electron chi connectivity index (χ1n) is 3.85. The number of nitrogens with zero attached hydrogens (tertiary/aromatic N) is 2. The van der Waals surface area contributed by atoms with Crippen molar-refractivity contribution in [3.8, 4) is 0 Å². The molecule has 0 aliphatic heterocycles. The maximum absolute atomic E-state index is 11.1. The number of aromatic nitrogens is 2. The smallest absolute Gasteiger partial charge is 0.330 e. The summed E-state index contributed by atoms with van der Waals surface area (Å²) in [6, 6.07) is -0.434. The summed E-state index contributed by atoms with van der Waals surface area (Å²) in [7, 11) is 1.34. The monoisotopic (exact) mass is 202 g/mol. The molecule has 72 valence electrons. The SMILES string of the molecule is COC(=O)[C@H](C)n1cc(Cl)c(C)n1. The number of ether oxygens (including phenoxy) is 1. The summed E-state index contributed by atoms with van der Waals surface area (Å²) in [6.07, 6.45) is 1.61. The van der Waals surface area contributed by atoms with Gasteiger partial charge >= 0.3 is 5.97 Å². The summed E-state index contributed by atoms with van der Waals surface area (Å²) in [6.45, 7) is 3.48. The summed E-state index contributed by atoms with van der Waals surface area (Å²) < 4.78 is 6.06. The van der Waals surface area contributed by atoms with Crippen LogP contribution in [-0.4, -0.2) is 22.9 Å². The van der Waals surface area contributed by atoms with Crippen LogP contribution in [0.2, 0.25) is 5.02 Å². The van der Waals surface area contributed by atoms with Gasteiger partial charge in [-0.1, -0.05) is 11.6 Å². The minimum atomic E-state index is -0.434. The number of carbonyl (C=O) groups excluding carboxylic acids is 1. The van der Waals surface area contributed by atoms with Crippen molar-refractivity contribution in [2.24, 2.45) is 0 Å². The fraction of sp³-hybridized carbons (Fsp3) is 0.500. The summed E-state index contributed by atoms with van der Waals surface area (Å²) in [5, 5.41) is 4.61. The summed E-state index contributed by atoms with van der Waals surface area (Å²) >= 11 is 5.79. The maximum Gasteiger partial charge on any atom is 0.330 e. The zero-order valence-electron chi connectivity index (χ0n) is 7.74. The average molecular weight is 203 g/mol. The van der Waals surface area contributed by atoms with Crippen LogP contribution < -0.4 is 0 Å². The third-order valence-corrected chi connectivity index (χ3v) is 2.17. The molecule has 1 aromatic rings. The highest BCUT2D eigenvalue weighted by Crippen LogP contribution is 2.16. The summed E-state index contributed by atoms with van der Waals surface area (Å²) in [5.74, 6) is -0.334. The van der Waals surface area contributed by atoms with Gasteiger partial charge in [0.15, 0.2) is 0 Å². The Kier molecular flexibility index (Phi) is 2.93. The Hall–Kier alpha value is -1.03. The Balaban J connectivity index is 2.89. The Morgan fingerprint density at radius 1 is 1.77 bits per heavy atom. The highest BCUT2D eigenvalue weighted by molar-refractivity contribution is 6.31. The highest BCUT2D eigenvalue weighted by atomic mass is 35.5. The molecule has 4 nitrogen and oxygen atoms in total. The van der Waals surface area contributed by atoms with E-state index in [9.17, 15) is 4.79 Å². The topological polar surface area (TPSA) is 44.1 Å². The Bertz CT molecular complexity index is 302. The van der Waals surface area contributed by atoms with Gasteiger partial charge in [0.1, 0.15) is 6.04 Å². The molecule has 0 saturated heterocycles. The highest BCUT2D eigenvalue weighted by Gasteiger charge is 2.16. The second-order valence-electron chi connectivity index (χ2n) is 2.74. The van der Waals surface area contributed by atoms with Crippen molar-refractivity contribution in [3.63, 3.8) is 0 Å². The van der Waals surface area contributed by atoms with Crippen molar-refractivity contribution in [1.29, 1.82) is 0 Å². The molecule has 0 aliphatic rings. The van der Waals surface area contributed by atoms with Crippen LogP contribution >= 0.6 is 11.6 Å². The molecule has 1 rings (SSSR count). The molecule has 5 heteroatoms. The number of aryl methyl sites for hydroxylation is 1. The quantitative estimate of drug-likeness (QED) is 0.684. The van der Waals surface area contributed by atoms with E-state index in [1.807, 2.05) is 0 Å². The summed E-state index contributed by atoms with van der Waals surface area (Å²) in [4.78, 5) is 11.1. The molecule has 1 heterocycles. The van der Waals surface area contributed by atoms with Gasteiger partial charge in [0.05, 0.1) is 17.8 Å². The molecule has 13 heavy (non-hydrogen) atoms. The number of hydrogen-bond acceptors (Lipinski definition) is 3. The van der Waals surface area contributed by atoms with E-state index in [0.29, 0.717) is 10.7 Å². The molecule has 0 aromatic carbocycles. The van der Waals surface area contributed by atoms with Gasteiger partial charge in [-0.05, 0) is 13.8 Å². The van der Waals surface area contributed by atoms with Gasteiger partial charge in [-0.3, -0.25) is 4.68 Å². The second kappa shape index (κ2) is 3.79. The van der Waals surface area contributed by atoms with Crippen LogP contribution in [-0.2, 0) is 9.53 Å². The lowest BCUT2D eigenvalue weighted by Crippen LogP contribution is -2.18. The lowest BCUT2D eigenvalue weighted by Gasteiger charge is -2.08. The molecule has 0 amide bonds. The molecule has 1 aromatic heterocycles. The van der Waals surface area contributed by atoms with E-state index in [-0.39, 0.29) is 5.97 Å². The first-order valence-corrected chi connectivity index (χ1v) is 4.23. The van der Waals surface area contributed by atoms with E-state index >= 15 is 0 Å². The number of carbonyl (C=O) groups is 1. The van der Waals surface area contributed by atoms with Gasteiger partial charge in [-0.2, -0.15) is 5.10 Å². The Labute approximate surface area is 81.4 Å². The van der Waals surface area contributed by atoms with E-state index in [2.05, 4.69) is 9.84 Å². The Morgan fingerprint density at radius 3 is 2.77 bits per heavy atom. The predicted molar refractivity (Wildman–Crippen MR) is 48.7 cm³/mol. The van der Waals surface area contributed by atoms with Crippen LogP contribution in [0.5, 0.6) is 0 Å². The largest absolute Gasteiger partial charge is 0.467 e. The van der Waals surface area contributed by atoms with E-state index in [0.717, 1.165) is 0 Å². The van der Waals surface area contributed by atoms with Crippen LogP contribution in [0.15, 0.2) is 6.20 Å². The molecule has 0 spiro atoms. The number of hydrogen-bond donors (Lipinski definition) is 0. The number of esters is 1. The number of methoxy groups -OCH3 is 1. The van der Waals surface area contributed by atoms with Crippen molar-refractivity contribution < 1.29 is 9.53 Å². The van der Waals surface area contributed by atoms with Crippen LogP contribution in [0.4, 0.5) is 0 Å². The van der Waals surface area contributed by atoms with E-state index in [4.69, 9.17) is 11.6 Å². The first-order chi connectivity index (χ1) is 6.06. The van der Waals surface area contributed by atoms with Gasteiger partial charge in [-0.15, -0.1) is 0 Å². The van der Waals surface area contributed by atoms with Crippen LogP contribution in [0, 0.1) is 6.92 Å². The van der Waals surface area contributed by atoms with E-state index < -0.39 is 6.04 Å². The molecule has 0 radical (unpaired) electrons. The van der Waals surface area contributed by atoms with Gasteiger partial charge in [0, 0.05) is 6.20 Å². The van der Waals surface area contributed by atoms with Gasteiger partial charge in [0.2, 0.25) is 0 Å². The van der Waals surface area contributed by atoms with Gasteiger partial charge in [0.25, 0.3) is 0 Å². The molecule has 0 fully saturated rings. The molecule has 0 bridgehead atoms. The fourth-order valence-corrected chi connectivity index (χ4v) is 1.07.